The second-order valence-corrected chi connectivity index (χ2v) is 9.75. The number of aliphatic imine (C=N–C) groups is 1. The Labute approximate surface area is 211 Å². The van der Waals surface area contributed by atoms with E-state index in [1.807, 2.05) is 48.5 Å². The number of benzene rings is 2. The number of amides is 1. The van der Waals surface area contributed by atoms with Crippen LogP contribution >= 0.6 is 22.9 Å². The number of carbonyl (C=O) groups is 1. The summed E-state index contributed by atoms with van der Waals surface area (Å²) in [7, 11) is 0. The van der Waals surface area contributed by atoms with Crippen molar-refractivity contribution in [2.45, 2.75) is 19.5 Å². The van der Waals surface area contributed by atoms with Crippen molar-refractivity contribution in [3.05, 3.63) is 88.7 Å². The van der Waals surface area contributed by atoms with E-state index in [2.05, 4.69) is 37.7 Å². The van der Waals surface area contributed by atoms with Crippen LogP contribution in [0.5, 0.6) is 0 Å². The van der Waals surface area contributed by atoms with Gasteiger partial charge in [-0.15, -0.1) is 11.3 Å². The average Bonchev–Trinajstić information content (AvgIpc) is 3.36. The molecule has 9 heteroatoms. The lowest BCUT2D eigenvalue weighted by molar-refractivity contribution is -0.123. The van der Waals surface area contributed by atoms with Crippen molar-refractivity contribution >= 4 is 51.4 Å². The first-order valence-corrected chi connectivity index (χ1v) is 12.3. The van der Waals surface area contributed by atoms with Crippen LogP contribution in [-0.2, 0) is 17.9 Å². The van der Waals surface area contributed by atoms with E-state index in [1.54, 1.807) is 17.5 Å². The van der Waals surface area contributed by atoms with Crippen molar-refractivity contribution in [3.8, 4) is 10.4 Å². The third-order valence-electron chi connectivity index (χ3n) is 5.77. The molecule has 1 unspecified atom stereocenters. The summed E-state index contributed by atoms with van der Waals surface area (Å²) in [5, 5.41) is 7.89. The Morgan fingerprint density at radius 3 is 2.80 bits per heavy atom. The van der Waals surface area contributed by atoms with E-state index in [4.69, 9.17) is 17.3 Å². The molecule has 1 aliphatic heterocycles. The Bertz CT molecular complexity index is 1430. The number of rotatable bonds is 6. The van der Waals surface area contributed by atoms with E-state index in [1.165, 1.54) is 6.33 Å². The highest BCUT2D eigenvalue weighted by Crippen LogP contribution is 2.31. The fraction of sp³-hybridized carbons (Fsp3) is 0.154. The van der Waals surface area contributed by atoms with Crippen molar-refractivity contribution in [3.63, 3.8) is 0 Å². The van der Waals surface area contributed by atoms with E-state index in [0.717, 1.165) is 31.8 Å². The molecule has 0 saturated heterocycles. The number of amidine groups is 1. The number of carbonyl (C=O) groups excluding carboxylic acids is 1. The minimum atomic E-state index is -0.352. The molecule has 5 rings (SSSR count). The molecular weight excluding hydrogens is 480 g/mol. The zero-order chi connectivity index (χ0) is 24.2. The SMILES string of the molecule is Nc1ncnc2ccc(-c3ccc(CNC4=NC=CCC4C(=O)NCc4ccc(Cl)cc4)s3)cc12. The maximum absolute atomic E-state index is 12.9. The lowest BCUT2D eigenvalue weighted by Gasteiger charge is -2.21. The topological polar surface area (TPSA) is 105 Å². The largest absolute Gasteiger partial charge is 0.383 e. The van der Waals surface area contributed by atoms with Crippen LogP contribution in [0.1, 0.15) is 16.9 Å². The molecular formula is C26H23ClN6OS. The van der Waals surface area contributed by atoms with E-state index in [9.17, 15) is 4.79 Å². The van der Waals surface area contributed by atoms with E-state index in [0.29, 0.717) is 36.2 Å². The van der Waals surface area contributed by atoms with E-state index in [-0.39, 0.29) is 11.8 Å². The predicted octanol–water partition coefficient (Wildman–Crippen LogP) is 4.93. The number of hydrogen-bond acceptors (Lipinski definition) is 7. The summed E-state index contributed by atoms with van der Waals surface area (Å²) >= 11 is 7.62. The predicted molar refractivity (Wildman–Crippen MR) is 142 cm³/mol. The fourth-order valence-corrected chi connectivity index (χ4v) is 4.95. The van der Waals surface area contributed by atoms with Crippen LogP contribution in [-0.4, -0.2) is 21.7 Å². The molecule has 7 nitrogen and oxygen atoms in total. The highest BCUT2D eigenvalue weighted by atomic mass is 35.5. The number of thiophene rings is 1. The summed E-state index contributed by atoms with van der Waals surface area (Å²) in [6.45, 7) is 1.02. The van der Waals surface area contributed by atoms with Gasteiger partial charge in [0.25, 0.3) is 0 Å². The Hall–Kier alpha value is -3.75. The minimum absolute atomic E-state index is 0.0570. The molecule has 0 radical (unpaired) electrons. The van der Waals surface area contributed by atoms with Gasteiger partial charge in [-0.25, -0.2) is 15.0 Å². The Balaban J connectivity index is 1.23. The van der Waals surface area contributed by atoms with Gasteiger partial charge in [0.2, 0.25) is 5.91 Å². The highest BCUT2D eigenvalue weighted by molar-refractivity contribution is 7.15. The number of anilines is 1. The van der Waals surface area contributed by atoms with Crippen LogP contribution in [0.3, 0.4) is 0 Å². The molecule has 4 aromatic rings. The van der Waals surface area contributed by atoms with Crippen LogP contribution in [0, 0.1) is 5.92 Å². The molecule has 0 saturated carbocycles. The number of fused-ring (bicyclic) bond motifs is 1. The fourth-order valence-electron chi connectivity index (χ4n) is 3.88. The number of halogens is 1. The van der Waals surface area contributed by atoms with Crippen molar-refractivity contribution in [2.24, 2.45) is 10.9 Å². The van der Waals surface area contributed by atoms with Crippen LogP contribution in [0.25, 0.3) is 21.3 Å². The van der Waals surface area contributed by atoms with Gasteiger partial charge < -0.3 is 16.4 Å². The summed E-state index contributed by atoms with van der Waals surface area (Å²) in [6.07, 6.45) is 5.73. The van der Waals surface area contributed by atoms with Crippen LogP contribution < -0.4 is 16.4 Å². The Morgan fingerprint density at radius 1 is 1.09 bits per heavy atom. The number of hydrogen-bond donors (Lipinski definition) is 3. The summed E-state index contributed by atoms with van der Waals surface area (Å²) in [5.41, 5.74) is 8.90. The summed E-state index contributed by atoms with van der Waals surface area (Å²) < 4.78 is 0. The second kappa shape index (κ2) is 10.2. The molecule has 0 spiro atoms. The third kappa shape index (κ3) is 5.34. The maximum Gasteiger partial charge on any atom is 0.231 e. The first kappa shape index (κ1) is 23.0. The molecule has 0 aliphatic carbocycles. The maximum atomic E-state index is 12.9. The third-order valence-corrected chi connectivity index (χ3v) is 7.16. The molecule has 0 fully saturated rings. The molecule has 4 N–H and O–H groups in total. The van der Waals surface area contributed by atoms with Crippen LogP contribution in [0.4, 0.5) is 5.82 Å². The molecule has 35 heavy (non-hydrogen) atoms. The number of nitrogen functional groups attached to an aromatic ring is 1. The minimum Gasteiger partial charge on any atom is -0.383 e. The smallest absolute Gasteiger partial charge is 0.231 e. The summed E-state index contributed by atoms with van der Waals surface area (Å²) in [6, 6.07) is 17.6. The first-order valence-electron chi connectivity index (χ1n) is 11.1. The first-order chi connectivity index (χ1) is 17.1. The van der Waals surface area contributed by atoms with Gasteiger partial charge >= 0.3 is 0 Å². The number of nitrogens with two attached hydrogens (primary N) is 1. The van der Waals surface area contributed by atoms with Gasteiger partial charge in [-0.3, -0.25) is 4.79 Å². The van der Waals surface area contributed by atoms with Crippen molar-refractivity contribution in [2.75, 3.05) is 5.73 Å². The molecule has 0 bridgehead atoms. The molecule has 176 valence electrons. The summed E-state index contributed by atoms with van der Waals surface area (Å²) in [5.74, 6) is 0.735. The van der Waals surface area contributed by atoms with Gasteiger partial charge in [-0.1, -0.05) is 35.9 Å². The van der Waals surface area contributed by atoms with Crippen molar-refractivity contribution < 1.29 is 4.79 Å². The van der Waals surface area contributed by atoms with E-state index >= 15 is 0 Å². The molecule has 3 heterocycles. The number of allylic oxidation sites excluding steroid dienone is 1. The standard InChI is InChI=1S/C26H23ClN6OS/c27-18-6-3-16(4-7-18)13-31-26(34)20-2-1-11-29-25(20)30-14-19-8-10-23(35-19)17-5-9-22-21(12-17)24(28)33-15-32-22/h1,3-12,15,20H,2,13-14H2,(H,29,30)(H,31,34)(H2,28,32,33). The Morgan fingerprint density at radius 2 is 1.94 bits per heavy atom. The monoisotopic (exact) mass is 502 g/mol. The number of nitrogens with one attached hydrogen (secondary N) is 2. The lowest BCUT2D eigenvalue weighted by Crippen LogP contribution is -2.41. The highest BCUT2D eigenvalue weighted by Gasteiger charge is 2.25. The normalized spacial score (nSPS) is 15.1. The van der Waals surface area contributed by atoms with Gasteiger partial charge in [0.05, 0.1) is 18.0 Å². The van der Waals surface area contributed by atoms with Gasteiger partial charge in [-0.2, -0.15) is 0 Å². The zero-order valence-corrected chi connectivity index (χ0v) is 20.3. The molecule has 1 aliphatic rings. The van der Waals surface area contributed by atoms with Gasteiger partial charge in [0.15, 0.2) is 0 Å². The zero-order valence-electron chi connectivity index (χ0n) is 18.7. The quantitative estimate of drug-likeness (QED) is 0.346. The van der Waals surface area contributed by atoms with Crippen LogP contribution in [0.15, 0.2) is 78.2 Å². The average molecular weight is 503 g/mol. The van der Waals surface area contributed by atoms with Gasteiger partial charge in [0, 0.05) is 32.9 Å². The number of aromatic nitrogens is 2. The number of nitrogens with zero attached hydrogens (tertiary/aromatic N) is 3. The second-order valence-electron chi connectivity index (χ2n) is 8.14. The van der Waals surface area contributed by atoms with Gasteiger partial charge in [-0.05, 0) is 53.9 Å². The Kier molecular flexibility index (Phi) is 6.74. The van der Waals surface area contributed by atoms with Gasteiger partial charge in [0.1, 0.15) is 18.0 Å². The molecule has 1 amide bonds. The molecule has 1 atom stereocenters. The summed E-state index contributed by atoms with van der Waals surface area (Å²) in [4.78, 5) is 27.9. The molecule has 2 aromatic heterocycles. The molecule has 2 aromatic carbocycles. The van der Waals surface area contributed by atoms with Crippen molar-refractivity contribution in [1.82, 2.24) is 20.6 Å². The lowest BCUT2D eigenvalue weighted by atomic mass is 10.0. The van der Waals surface area contributed by atoms with Crippen LogP contribution in [0.2, 0.25) is 5.02 Å². The van der Waals surface area contributed by atoms with E-state index < -0.39 is 0 Å². The van der Waals surface area contributed by atoms with Crippen molar-refractivity contribution in [1.29, 1.82) is 0 Å².